The first-order valence-electron chi connectivity index (χ1n) is 9.35. The molecule has 5 nitrogen and oxygen atoms in total. The van der Waals surface area contributed by atoms with Gasteiger partial charge in [-0.2, -0.15) is 9.50 Å². The summed E-state index contributed by atoms with van der Waals surface area (Å²) in [5, 5.41) is 4.39. The molecule has 4 aromatic rings. The van der Waals surface area contributed by atoms with Crippen molar-refractivity contribution in [2.75, 3.05) is 6.61 Å². The van der Waals surface area contributed by atoms with E-state index < -0.39 is 0 Å². The van der Waals surface area contributed by atoms with Crippen LogP contribution in [0.2, 0.25) is 0 Å². The van der Waals surface area contributed by atoms with E-state index in [4.69, 9.17) is 4.74 Å². The molecule has 2 aromatic heterocycles. The Hall–Kier alpha value is -2.99. The normalized spacial score (nSPS) is 12.0. The third-order valence-electron chi connectivity index (χ3n) is 4.44. The predicted octanol–water partition coefficient (Wildman–Crippen LogP) is 3.85. The number of benzene rings is 2. The van der Waals surface area contributed by atoms with Gasteiger partial charge in [-0.05, 0) is 37.1 Å². The number of aromatic nitrogens is 3. The van der Waals surface area contributed by atoms with Gasteiger partial charge >= 0.3 is 0 Å². The quantitative estimate of drug-likeness (QED) is 0.469. The smallest absolute Gasteiger partial charge is 0.291 e. The zero-order valence-corrected chi connectivity index (χ0v) is 16.7. The van der Waals surface area contributed by atoms with Crippen LogP contribution in [0.1, 0.15) is 30.9 Å². The molecular weight excluding hydrogens is 370 g/mol. The number of hydrogen-bond donors (Lipinski definition) is 0. The molecule has 0 aliphatic carbocycles. The lowest BCUT2D eigenvalue weighted by Crippen LogP contribution is -2.23. The molecule has 0 spiro atoms. The summed E-state index contributed by atoms with van der Waals surface area (Å²) >= 11 is 1.35. The predicted molar refractivity (Wildman–Crippen MR) is 113 cm³/mol. The highest BCUT2D eigenvalue weighted by atomic mass is 32.1. The zero-order chi connectivity index (χ0) is 19.5. The van der Waals surface area contributed by atoms with Crippen LogP contribution >= 0.6 is 11.3 Å². The number of ether oxygens (including phenoxy) is 1. The molecule has 0 N–H and O–H groups in total. The second kappa shape index (κ2) is 7.94. The van der Waals surface area contributed by atoms with Gasteiger partial charge in [0.05, 0.1) is 11.1 Å². The van der Waals surface area contributed by atoms with Gasteiger partial charge in [-0.25, -0.2) is 0 Å². The van der Waals surface area contributed by atoms with Crippen molar-refractivity contribution in [3.05, 3.63) is 74.5 Å². The number of nitrogens with zero attached hydrogens (tertiary/aromatic N) is 3. The molecule has 0 saturated heterocycles. The lowest BCUT2D eigenvalue weighted by molar-refractivity contribution is 0.309. The van der Waals surface area contributed by atoms with Crippen LogP contribution in [0.3, 0.4) is 0 Å². The van der Waals surface area contributed by atoms with Crippen LogP contribution in [0.15, 0.2) is 53.3 Å². The molecule has 2 aromatic carbocycles. The van der Waals surface area contributed by atoms with Crippen molar-refractivity contribution in [1.29, 1.82) is 0 Å². The summed E-state index contributed by atoms with van der Waals surface area (Å²) in [6, 6.07) is 15.7. The molecule has 0 saturated carbocycles. The van der Waals surface area contributed by atoms with Gasteiger partial charge < -0.3 is 4.74 Å². The Kier molecular flexibility index (Phi) is 5.21. The Morgan fingerprint density at radius 1 is 1.11 bits per heavy atom. The minimum absolute atomic E-state index is 0.144. The average Bonchev–Trinajstić information content (AvgIpc) is 3.24. The van der Waals surface area contributed by atoms with Crippen molar-refractivity contribution in [1.82, 2.24) is 14.6 Å². The number of unbranched alkanes of at least 4 members (excludes halogenated alkanes) is 1. The van der Waals surface area contributed by atoms with Gasteiger partial charge in [-0.1, -0.05) is 66.6 Å². The van der Waals surface area contributed by atoms with E-state index in [1.807, 2.05) is 61.5 Å². The van der Waals surface area contributed by atoms with Crippen LogP contribution in [0.25, 0.3) is 22.4 Å². The highest BCUT2D eigenvalue weighted by molar-refractivity contribution is 7.15. The molecule has 0 fully saturated rings. The molecule has 0 amide bonds. The van der Waals surface area contributed by atoms with E-state index in [2.05, 4.69) is 17.0 Å². The van der Waals surface area contributed by atoms with Crippen molar-refractivity contribution in [3.63, 3.8) is 0 Å². The summed E-state index contributed by atoms with van der Waals surface area (Å²) in [6.45, 7) is 4.89. The Morgan fingerprint density at radius 2 is 1.86 bits per heavy atom. The maximum absolute atomic E-state index is 12.7. The van der Waals surface area contributed by atoms with Crippen molar-refractivity contribution in [3.8, 4) is 17.1 Å². The zero-order valence-electron chi connectivity index (χ0n) is 15.9. The van der Waals surface area contributed by atoms with E-state index in [-0.39, 0.29) is 5.56 Å². The van der Waals surface area contributed by atoms with Crippen LogP contribution < -0.4 is 14.8 Å². The second-order valence-corrected chi connectivity index (χ2v) is 7.69. The molecule has 4 rings (SSSR count). The topological polar surface area (TPSA) is 56.5 Å². The fourth-order valence-corrected chi connectivity index (χ4v) is 3.71. The Morgan fingerprint density at radius 3 is 2.54 bits per heavy atom. The molecule has 0 atom stereocenters. The number of hydrogen-bond acceptors (Lipinski definition) is 5. The monoisotopic (exact) mass is 391 g/mol. The van der Waals surface area contributed by atoms with Crippen LogP contribution in [0.4, 0.5) is 0 Å². The van der Waals surface area contributed by atoms with Crippen LogP contribution in [-0.2, 0) is 0 Å². The summed E-state index contributed by atoms with van der Waals surface area (Å²) in [5.74, 6) is 1.42. The third-order valence-corrected chi connectivity index (χ3v) is 5.40. The molecule has 28 heavy (non-hydrogen) atoms. The van der Waals surface area contributed by atoms with Crippen LogP contribution in [-0.4, -0.2) is 21.2 Å². The second-order valence-electron chi connectivity index (χ2n) is 6.68. The van der Waals surface area contributed by atoms with E-state index in [9.17, 15) is 4.79 Å². The molecular formula is C22H21N3O2S. The highest BCUT2D eigenvalue weighted by Gasteiger charge is 2.11. The highest BCUT2D eigenvalue weighted by Crippen LogP contribution is 2.17. The fraction of sp³-hybridized carbons (Fsp3) is 0.227. The first-order chi connectivity index (χ1) is 13.6. The minimum atomic E-state index is -0.144. The van der Waals surface area contributed by atoms with Crippen LogP contribution in [0.5, 0.6) is 5.75 Å². The Balaban J connectivity index is 1.60. The molecule has 142 valence electrons. The maximum atomic E-state index is 12.7. The van der Waals surface area contributed by atoms with Crippen molar-refractivity contribution in [2.24, 2.45) is 0 Å². The number of thiazole rings is 1. The van der Waals surface area contributed by atoms with Crippen molar-refractivity contribution in [2.45, 2.75) is 26.7 Å². The van der Waals surface area contributed by atoms with E-state index >= 15 is 0 Å². The molecule has 0 unspecified atom stereocenters. The number of rotatable bonds is 6. The third kappa shape index (κ3) is 3.82. The number of aryl methyl sites for hydroxylation is 1. The van der Waals surface area contributed by atoms with Gasteiger partial charge in [0.25, 0.3) is 5.56 Å². The first kappa shape index (κ1) is 18.4. The fourth-order valence-electron chi connectivity index (χ4n) is 2.80. The molecule has 6 heteroatoms. The molecule has 0 bridgehead atoms. The molecule has 0 aliphatic heterocycles. The SMILES string of the molecule is CCCCOc1ccc(/C=c2/sc3nc(-c4ccc(C)cc4)nn3c2=O)cc1. The molecule has 0 radical (unpaired) electrons. The van der Waals surface area contributed by atoms with Gasteiger partial charge in [0.2, 0.25) is 4.96 Å². The van der Waals surface area contributed by atoms with E-state index in [0.29, 0.717) is 15.3 Å². The number of fused-ring (bicyclic) bond motifs is 1. The summed E-state index contributed by atoms with van der Waals surface area (Å²) in [4.78, 5) is 17.8. The van der Waals surface area contributed by atoms with Gasteiger partial charge in [-0.15, -0.1) is 5.10 Å². The Labute approximate surface area is 166 Å². The Bertz CT molecular complexity index is 1190. The van der Waals surface area contributed by atoms with E-state index in [0.717, 1.165) is 36.3 Å². The lowest BCUT2D eigenvalue weighted by Gasteiger charge is -2.04. The summed E-state index contributed by atoms with van der Waals surface area (Å²) in [6.07, 6.45) is 4.02. The standard InChI is InChI=1S/C22H21N3O2S/c1-3-4-13-27-18-11-7-16(8-12-18)14-19-21(26)25-22(28-19)23-20(24-25)17-9-5-15(2)6-10-17/h5-12,14H,3-4,13H2,1-2H3/b19-14+. The summed E-state index contributed by atoms with van der Waals surface area (Å²) < 4.78 is 7.68. The van der Waals surface area contributed by atoms with Crippen molar-refractivity contribution < 1.29 is 4.74 Å². The first-order valence-corrected chi connectivity index (χ1v) is 10.2. The molecule has 0 aliphatic rings. The van der Waals surface area contributed by atoms with E-state index in [1.54, 1.807) is 0 Å². The lowest BCUT2D eigenvalue weighted by atomic mass is 10.1. The summed E-state index contributed by atoms with van der Waals surface area (Å²) in [7, 11) is 0. The van der Waals surface area contributed by atoms with Crippen molar-refractivity contribution >= 4 is 22.4 Å². The molecule has 2 heterocycles. The summed E-state index contributed by atoms with van der Waals surface area (Å²) in [5.41, 5.74) is 2.88. The maximum Gasteiger partial charge on any atom is 0.291 e. The minimum Gasteiger partial charge on any atom is -0.494 e. The van der Waals surface area contributed by atoms with Crippen LogP contribution in [0, 0.1) is 6.92 Å². The van der Waals surface area contributed by atoms with Gasteiger partial charge in [0.1, 0.15) is 5.75 Å². The van der Waals surface area contributed by atoms with Gasteiger partial charge in [0.15, 0.2) is 5.82 Å². The average molecular weight is 391 g/mol. The van der Waals surface area contributed by atoms with Gasteiger partial charge in [0, 0.05) is 5.56 Å². The largest absolute Gasteiger partial charge is 0.494 e. The van der Waals surface area contributed by atoms with Gasteiger partial charge in [-0.3, -0.25) is 4.79 Å². The van der Waals surface area contributed by atoms with E-state index in [1.165, 1.54) is 21.4 Å².